The van der Waals surface area contributed by atoms with E-state index in [9.17, 15) is 4.79 Å². The molecule has 1 amide bonds. The second kappa shape index (κ2) is 12.7. The van der Waals surface area contributed by atoms with E-state index in [1.54, 1.807) is 0 Å². The van der Waals surface area contributed by atoms with Crippen LogP contribution in [-0.4, -0.2) is 86.2 Å². The number of hydrogen-bond donors (Lipinski definition) is 0. The number of carbonyl (C=O) groups is 1. The lowest BCUT2D eigenvalue weighted by Crippen LogP contribution is -2.48. The van der Waals surface area contributed by atoms with Gasteiger partial charge in [-0.1, -0.05) is 13.8 Å². The topological polar surface area (TPSA) is 36.0 Å². The minimum absolute atomic E-state index is 0.260. The van der Waals surface area contributed by atoms with Crippen molar-refractivity contribution in [3.8, 4) is 0 Å². The van der Waals surface area contributed by atoms with Crippen LogP contribution in [0.1, 0.15) is 53.4 Å². The minimum Gasteiger partial charge on any atom is -0.379 e. The van der Waals surface area contributed by atoms with Crippen LogP contribution in [0.15, 0.2) is 0 Å². The van der Waals surface area contributed by atoms with Gasteiger partial charge in [0.15, 0.2) is 0 Å². The molecule has 0 N–H and O–H groups in total. The molecule has 2 aliphatic heterocycles. The summed E-state index contributed by atoms with van der Waals surface area (Å²) >= 11 is 0. The van der Waals surface area contributed by atoms with Crippen LogP contribution in [-0.2, 0) is 9.53 Å². The van der Waals surface area contributed by atoms with Crippen molar-refractivity contribution in [1.29, 1.82) is 0 Å². The average Bonchev–Trinajstić information content (AvgIpc) is 2.63. The monoisotopic (exact) mass is 355 g/mol. The van der Waals surface area contributed by atoms with Crippen molar-refractivity contribution in [2.75, 3.05) is 59.5 Å². The summed E-state index contributed by atoms with van der Waals surface area (Å²) in [6.07, 6.45) is 4.07. The quantitative estimate of drug-likeness (QED) is 0.658. The Morgan fingerprint density at radius 2 is 1.64 bits per heavy atom. The summed E-state index contributed by atoms with van der Waals surface area (Å²) in [7, 11) is 2.20. The first-order chi connectivity index (χ1) is 12.0. The summed E-state index contributed by atoms with van der Waals surface area (Å²) in [5, 5.41) is 0. The lowest BCUT2D eigenvalue weighted by Gasteiger charge is -2.38. The van der Waals surface area contributed by atoms with Gasteiger partial charge < -0.3 is 19.4 Å². The van der Waals surface area contributed by atoms with Crippen LogP contribution in [0.4, 0.5) is 0 Å². The molecular formula is C20H41N3O2. The molecule has 2 fully saturated rings. The number of hydrogen-bond acceptors (Lipinski definition) is 4. The number of piperazine rings is 1. The summed E-state index contributed by atoms with van der Waals surface area (Å²) in [6.45, 7) is 16.7. The highest BCUT2D eigenvalue weighted by Gasteiger charge is 2.25. The van der Waals surface area contributed by atoms with Crippen LogP contribution < -0.4 is 0 Å². The van der Waals surface area contributed by atoms with Crippen LogP contribution >= 0.6 is 0 Å². The molecule has 0 radical (unpaired) electrons. The van der Waals surface area contributed by atoms with Gasteiger partial charge in [-0.25, -0.2) is 0 Å². The van der Waals surface area contributed by atoms with Gasteiger partial charge in [-0.15, -0.1) is 0 Å². The predicted octanol–water partition coefficient (Wildman–Crippen LogP) is 2.70. The third-order valence-electron chi connectivity index (χ3n) is 5.07. The molecule has 0 saturated carbocycles. The molecule has 2 saturated heterocycles. The SMILES string of the molecule is CC.CC(C)OCCCC(=O)N1CCC(CN2CCN(C)CC2)CC1. The molecule has 2 rings (SSSR count). The van der Waals surface area contributed by atoms with Gasteiger partial charge >= 0.3 is 0 Å². The van der Waals surface area contributed by atoms with E-state index in [4.69, 9.17) is 4.74 Å². The molecule has 148 valence electrons. The molecule has 5 nitrogen and oxygen atoms in total. The Labute approximate surface area is 155 Å². The van der Waals surface area contributed by atoms with E-state index in [-0.39, 0.29) is 6.10 Å². The fourth-order valence-corrected chi connectivity index (χ4v) is 3.46. The number of rotatable bonds is 7. The number of ether oxygens (including phenoxy) is 1. The zero-order chi connectivity index (χ0) is 18.7. The number of nitrogens with zero attached hydrogens (tertiary/aromatic N) is 3. The van der Waals surface area contributed by atoms with Crippen molar-refractivity contribution in [2.24, 2.45) is 5.92 Å². The molecule has 0 bridgehead atoms. The van der Waals surface area contributed by atoms with E-state index in [2.05, 4.69) is 21.7 Å². The van der Waals surface area contributed by atoms with Gasteiger partial charge in [0.05, 0.1) is 6.10 Å². The van der Waals surface area contributed by atoms with E-state index < -0.39 is 0 Å². The lowest BCUT2D eigenvalue weighted by atomic mass is 9.95. The molecule has 0 aromatic rings. The van der Waals surface area contributed by atoms with Crippen LogP contribution in [0.3, 0.4) is 0 Å². The Balaban J connectivity index is 0.00000151. The summed E-state index contributed by atoms with van der Waals surface area (Å²) in [5.41, 5.74) is 0. The number of carbonyl (C=O) groups excluding carboxylic acids is 1. The van der Waals surface area contributed by atoms with E-state index in [0.717, 1.165) is 25.4 Å². The third-order valence-corrected chi connectivity index (χ3v) is 5.07. The molecule has 2 aliphatic rings. The zero-order valence-electron chi connectivity index (χ0n) is 17.3. The van der Waals surface area contributed by atoms with Gasteiger partial charge in [-0.05, 0) is 46.1 Å². The van der Waals surface area contributed by atoms with Crippen LogP contribution in [0.2, 0.25) is 0 Å². The highest BCUT2D eigenvalue weighted by atomic mass is 16.5. The van der Waals surface area contributed by atoms with Gasteiger partial charge in [-0.3, -0.25) is 4.79 Å². The standard InChI is InChI=1S/C18H35N3O2.C2H6/c1-16(2)23-14-4-5-18(22)21-8-6-17(7-9-21)15-20-12-10-19(3)11-13-20;1-2/h16-17H,4-15H2,1-3H3;1-2H3. The number of amides is 1. The Kier molecular flexibility index (Phi) is 11.3. The predicted molar refractivity (Wildman–Crippen MR) is 105 cm³/mol. The largest absolute Gasteiger partial charge is 0.379 e. The van der Waals surface area contributed by atoms with Gasteiger partial charge in [0.1, 0.15) is 0 Å². The van der Waals surface area contributed by atoms with E-state index in [1.807, 2.05) is 27.7 Å². The second-order valence-electron chi connectivity index (χ2n) is 7.45. The van der Waals surface area contributed by atoms with Gasteiger partial charge in [-0.2, -0.15) is 0 Å². The Morgan fingerprint density at radius 3 is 2.20 bits per heavy atom. The maximum absolute atomic E-state index is 12.2. The molecule has 0 aliphatic carbocycles. The van der Waals surface area contributed by atoms with E-state index >= 15 is 0 Å². The maximum atomic E-state index is 12.2. The molecule has 5 heteroatoms. The molecule has 0 atom stereocenters. The Hall–Kier alpha value is -0.650. The summed E-state index contributed by atoms with van der Waals surface area (Å²) in [4.78, 5) is 19.3. The fraction of sp³-hybridized carbons (Fsp3) is 0.950. The van der Waals surface area contributed by atoms with Gasteiger partial charge in [0.2, 0.25) is 5.91 Å². The second-order valence-corrected chi connectivity index (χ2v) is 7.45. The van der Waals surface area contributed by atoms with Crippen molar-refractivity contribution in [3.63, 3.8) is 0 Å². The third kappa shape index (κ3) is 9.02. The summed E-state index contributed by atoms with van der Waals surface area (Å²) in [5.74, 6) is 1.09. The zero-order valence-corrected chi connectivity index (χ0v) is 17.3. The molecule has 0 unspecified atom stereocenters. The normalized spacial score (nSPS) is 20.5. The highest BCUT2D eigenvalue weighted by Crippen LogP contribution is 2.20. The Bertz CT molecular complexity index is 347. The van der Waals surface area contributed by atoms with Gasteiger partial charge in [0, 0.05) is 58.8 Å². The van der Waals surface area contributed by atoms with Gasteiger partial charge in [0.25, 0.3) is 0 Å². The summed E-state index contributed by atoms with van der Waals surface area (Å²) in [6, 6.07) is 0. The Morgan fingerprint density at radius 1 is 1.04 bits per heavy atom. The molecule has 25 heavy (non-hydrogen) atoms. The van der Waals surface area contributed by atoms with Crippen LogP contribution in [0.25, 0.3) is 0 Å². The maximum Gasteiger partial charge on any atom is 0.222 e. The fourth-order valence-electron chi connectivity index (χ4n) is 3.46. The first-order valence-electron chi connectivity index (χ1n) is 10.3. The average molecular weight is 356 g/mol. The van der Waals surface area contributed by atoms with Crippen molar-refractivity contribution < 1.29 is 9.53 Å². The molecule has 2 heterocycles. The number of likely N-dealkylation sites (N-methyl/N-ethyl adjacent to an activating group) is 1. The summed E-state index contributed by atoms with van der Waals surface area (Å²) < 4.78 is 5.51. The van der Waals surface area contributed by atoms with Crippen molar-refractivity contribution in [1.82, 2.24) is 14.7 Å². The molecule has 0 spiro atoms. The van der Waals surface area contributed by atoms with Crippen LogP contribution in [0.5, 0.6) is 0 Å². The van der Waals surface area contributed by atoms with E-state index in [1.165, 1.54) is 45.6 Å². The first-order valence-corrected chi connectivity index (χ1v) is 10.3. The minimum atomic E-state index is 0.260. The van der Waals surface area contributed by atoms with Crippen molar-refractivity contribution in [2.45, 2.75) is 59.5 Å². The van der Waals surface area contributed by atoms with E-state index in [0.29, 0.717) is 18.9 Å². The first kappa shape index (κ1) is 22.4. The number of likely N-dealkylation sites (tertiary alicyclic amines) is 1. The van der Waals surface area contributed by atoms with Crippen molar-refractivity contribution >= 4 is 5.91 Å². The molecular weight excluding hydrogens is 314 g/mol. The highest BCUT2D eigenvalue weighted by molar-refractivity contribution is 5.76. The molecule has 0 aromatic carbocycles. The molecule has 0 aromatic heterocycles. The van der Waals surface area contributed by atoms with Crippen molar-refractivity contribution in [3.05, 3.63) is 0 Å². The number of piperidine rings is 1. The lowest BCUT2D eigenvalue weighted by molar-refractivity contribution is -0.133. The van der Waals surface area contributed by atoms with Crippen LogP contribution in [0, 0.1) is 5.92 Å². The smallest absolute Gasteiger partial charge is 0.222 e.